The molecule has 4 aromatic rings. The zero-order chi connectivity index (χ0) is 27.9. The van der Waals surface area contributed by atoms with Gasteiger partial charge in [-0.3, -0.25) is 9.59 Å². The molecule has 0 bridgehead atoms. The lowest BCUT2D eigenvalue weighted by Crippen LogP contribution is -2.17. The molecule has 0 radical (unpaired) electrons. The maximum Gasteiger partial charge on any atom is 0.336 e. The van der Waals surface area contributed by atoms with Gasteiger partial charge < -0.3 is 25.6 Å². The van der Waals surface area contributed by atoms with Crippen molar-refractivity contribution in [3.63, 3.8) is 0 Å². The largest absolute Gasteiger partial charge is 0.497 e. The molecular formula is C27H21N3O7S2. The van der Waals surface area contributed by atoms with Crippen LogP contribution in [0, 0.1) is 0 Å². The Bertz CT molecular complexity index is 1570. The van der Waals surface area contributed by atoms with Crippen LogP contribution < -0.4 is 15.4 Å². The lowest BCUT2D eigenvalue weighted by Gasteiger charge is -2.10. The monoisotopic (exact) mass is 563 g/mol. The average molecular weight is 564 g/mol. The summed E-state index contributed by atoms with van der Waals surface area (Å²) in [6, 6.07) is 17.4. The topological polar surface area (TPSA) is 155 Å². The lowest BCUT2D eigenvalue weighted by atomic mass is 10.0. The number of methoxy groups -OCH3 is 1. The van der Waals surface area contributed by atoms with Crippen LogP contribution in [0.1, 0.15) is 31.1 Å². The summed E-state index contributed by atoms with van der Waals surface area (Å²) in [5.41, 5.74) is 1.12. The van der Waals surface area contributed by atoms with E-state index in [0.717, 1.165) is 23.8 Å². The van der Waals surface area contributed by atoms with Crippen LogP contribution in [0.25, 0.3) is 11.3 Å². The molecule has 0 aliphatic heterocycles. The first-order chi connectivity index (χ1) is 18.7. The summed E-state index contributed by atoms with van der Waals surface area (Å²) in [7, 11) is 1.59. The Hall–Kier alpha value is -4.68. The first-order valence-corrected chi connectivity index (χ1v) is 13.1. The van der Waals surface area contributed by atoms with E-state index in [1.807, 2.05) is 29.6 Å². The zero-order valence-electron chi connectivity index (χ0n) is 20.3. The summed E-state index contributed by atoms with van der Waals surface area (Å²) in [5, 5.41) is 26.2. The number of carbonyl (C=O) groups is 4. The van der Waals surface area contributed by atoms with Gasteiger partial charge in [0.15, 0.2) is 5.13 Å². The van der Waals surface area contributed by atoms with E-state index in [0.29, 0.717) is 27.2 Å². The van der Waals surface area contributed by atoms with Crippen LogP contribution >= 0.6 is 23.1 Å². The molecule has 0 aliphatic rings. The van der Waals surface area contributed by atoms with E-state index in [4.69, 9.17) is 9.84 Å². The van der Waals surface area contributed by atoms with Gasteiger partial charge in [-0.25, -0.2) is 14.6 Å². The molecule has 0 unspecified atom stereocenters. The second-order valence-corrected chi connectivity index (χ2v) is 9.87. The van der Waals surface area contributed by atoms with Crippen molar-refractivity contribution in [3.05, 3.63) is 88.8 Å². The van der Waals surface area contributed by atoms with Crippen molar-refractivity contribution in [2.24, 2.45) is 0 Å². The SMILES string of the molecule is COc1cccc(-c2csc(NC(=O)CSc3cccc(NC(=O)c4ccc(C(=O)O)cc4C(=O)O)c3)n2)c1. The third kappa shape index (κ3) is 7.00. The molecule has 0 saturated heterocycles. The number of amides is 2. The highest BCUT2D eigenvalue weighted by Crippen LogP contribution is 2.28. The molecule has 0 atom stereocenters. The van der Waals surface area contributed by atoms with Crippen LogP contribution in [-0.2, 0) is 4.79 Å². The molecule has 0 aliphatic carbocycles. The van der Waals surface area contributed by atoms with E-state index < -0.39 is 23.4 Å². The van der Waals surface area contributed by atoms with Crippen molar-refractivity contribution in [2.45, 2.75) is 4.90 Å². The number of nitrogens with one attached hydrogen (secondary N) is 2. The van der Waals surface area contributed by atoms with E-state index in [-0.39, 0.29) is 22.8 Å². The number of anilines is 2. The fourth-order valence-corrected chi connectivity index (χ4v) is 4.96. The van der Waals surface area contributed by atoms with Crippen LogP contribution in [0.2, 0.25) is 0 Å². The minimum Gasteiger partial charge on any atom is -0.497 e. The minimum absolute atomic E-state index is 0.0886. The third-order valence-corrected chi connectivity index (χ3v) is 7.07. The van der Waals surface area contributed by atoms with Gasteiger partial charge in [-0.1, -0.05) is 18.2 Å². The van der Waals surface area contributed by atoms with E-state index in [1.165, 1.54) is 23.1 Å². The first kappa shape index (κ1) is 27.4. The summed E-state index contributed by atoms with van der Waals surface area (Å²) in [5.74, 6) is -2.89. The predicted molar refractivity (Wildman–Crippen MR) is 148 cm³/mol. The van der Waals surface area contributed by atoms with Gasteiger partial charge in [0, 0.05) is 21.5 Å². The molecule has 198 valence electrons. The highest BCUT2D eigenvalue weighted by atomic mass is 32.2. The number of thioether (sulfide) groups is 1. The Morgan fingerprint density at radius 2 is 1.72 bits per heavy atom. The van der Waals surface area contributed by atoms with Crippen molar-refractivity contribution < 1.29 is 34.1 Å². The molecule has 0 spiro atoms. The number of benzene rings is 3. The molecule has 2 amide bonds. The number of thiazole rings is 1. The summed E-state index contributed by atoms with van der Waals surface area (Å²) in [6.07, 6.45) is 0. The summed E-state index contributed by atoms with van der Waals surface area (Å²) in [4.78, 5) is 53.1. The number of carboxylic acids is 2. The highest BCUT2D eigenvalue weighted by Gasteiger charge is 2.19. The van der Waals surface area contributed by atoms with Gasteiger partial charge in [-0.05, 0) is 48.5 Å². The molecule has 12 heteroatoms. The molecule has 1 aromatic heterocycles. The summed E-state index contributed by atoms with van der Waals surface area (Å²) >= 11 is 2.55. The Morgan fingerprint density at radius 1 is 0.923 bits per heavy atom. The van der Waals surface area contributed by atoms with Gasteiger partial charge in [0.1, 0.15) is 5.75 Å². The van der Waals surface area contributed by atoms with Crippen molar-refractivity contribution in [2.75, 3.05) is 23.5 Å². The summed E-state index contributed by atoms with van der Waals surface area (Å²) in [6.45, 7) is 0. The molecule has 0 saturated carbocycles. The van der Waals surface area contributed by atoms with Crippen LogP contribution in [0.4, 0.5) is 10.8 Å². The highest BCUT2D eigenvalue weighted by molar-refractivity contribution is 8.00. The molecule has 4 N–H and O–H groups in total. The minimum atomic E-state index is -1.42. The van der Waals surface area contributed by atoms with Crippen molar-refractivity contribution in [1.29, 1.82) is 0 Å². The number of carboxylic acid groups (broad SMARTS) is 2. The predicted octanol–water partition coefficient (Wildman–Crippen LogP) is 5.20. The van der Waals surface area contributed by atoms with E-state index >= 15 is 0 Å². The van der Waals surface area contributed by atoms with Gasteiger partial charge in [-0.15, -0.1) is 23.1 Å². The first-order valence-electron chi connectivity index (χ1n) is 11.3. The van der Waals surface area contributed by atoms with Crippen molar-refractivity contribution in [1.82, 2.24) is 4.98 Å². The van der Waals surface area contributed by atoms with Crippen LogP contribution in [0.15, 0.2) is 77.0 Å². The number of carbonyl (C=O) groups excluding carboxylic acids is 2. The molecule has 4 rings (SSSR count). The van der Waals surface area contributed by atoms with E-state index in [1.54, 1.807) is 31.4 Å². The molecule has 1 heterocycles. The van der Waals surface area contributed by atoms with Crippen LogP contribution in [0.3, 0.4) is 0 Å². The van der Waals surface area contributed by atoms with Crippen molar-refractivity contribution >= 4 is 57.7 Å². The van der Waals surface area contributed by atoms with E-state index in [2.05, 4.69) is 15.6 Å². The number of rotatable bonds is 10. The second kappa shape index (κ2) is 12.2. The maximum absolute atomic E-state index is 12.7. The number of aromatic nitrogens is 1. The van der Waals surface area contributed by atoms with Crippen molar-refractivity contribution in [3.8, 4) is 17.0 Å². The van der Waals surface area contributed by atoms with Gasteiger partial charge in [0.2, 0.25) is 5.91 Å². The lowest BCUT2D eigenvalue weighted by molar-refractivity contribution is -0.113. The average Bonchev–Trinajstić information content (AvgIpc) is 3.40. The third-order valence-electron chi connectivity index (χ3n) is 5.32. The smallest absolute Gasteiger partial charge is 0.336 e. The molecular weight excluding hydrogens is 542 g/mol. The van der Waals surface area contributed by atoms with Gasteiger partial charge in [-0.2, -0.15) is 0 Å². The standard InChI is InChI=1S/C27H21N3O7S2/c1-37-18-6-2-4-15(10-18)22-13-39-27(29-22)30-23(31)14-38-19-7-3-5-17(12-19)28-24(32)20-9-8-16(25(33)34)11-21(20)26(35)36/h2-13H,14H2,1H3,(H,28,32)(H,33,34)(H,35,36)(H,29,30,31). The quantitative estimate of drug-likeness (QED) is 0.191. The van der Waals surface area contributed by atoms with Gasteiger partial charge in [0.25, 0.3) is 5.91 Å². The van der Waals surface area contributed by atoms with Crippen LogP contribution in [-0.4, -0.2) is 51.8 Å². The molecule has 3 aromatic carbocycles. The molecule has 0 fully saturated rings. The van der Waals surface area contributed by atoms with E-state index in [9.17, 15) is 24.3 Å². The number of aromatic carboxylic acids is 2. The Balaban J connectivity index is 1.36. The number of nitrogens with zero attached hydrogens (tertiary/aromatic N) is 1. The van der Waals surface area contributed by atoms with Crippen LogP contribution in [0.5, 0.6) is 5.75 Å². The molecule has 39 heavy (non-hydrogen) atoms. The fraction of sp³-hybridized carbons (Fsp3) is 0.0741. The molecule has 10 nitrogen and oxygen atoms in total. The fourth-order valence-electron chi connectivity index (χ4n) is 3.46. The van der Waals surface area contributed by atoms with Gasteiger partial charge in [0.05, 0.1) is 35.2 Å². The number of hydrogen-bond acceptors (Lipinski definition) is 8. The normalized spacial score (nSPS) is 10.5. The second-order valence-electron chi connectivity index (χ2n) is 7.96. The van der Waals surface area contributed by atoms with Gasteiger partial charge >= 0.3 is 11.9 Å². The number of ether oxygens (including phenoxy) is 1. The zero-order valence-corrected chi connectivity index (χ0v) is 22.0. The Labute approximate surface area is 230 Å². The maximum atomic E-state index is 12.7. The Morgan fingerprint density at radius 3 is 2.46 bits per heavy atom. The Kier molecular flexibility index (Phi) is 8.59. The summed E-state index contributed by atoms with van der Waals surface area (Å²) < 4.78 is 5.24. The number of hydrogen-bond donors (Lipinski definition) is 4.